The smallest absolute Gasteiger partial charge is 0.258 e. The van der Waals surface area contributed by atoms with Crippen LogP contribution in [0.5, 0.6) is 0 Å². The zero-order valence-electron chi connectivity index (χ0n) is 17.8. The molecule has 0 bridgehead atoms. The Morgan fingerprint density at radius 2 is 1.88 bits per heavy atom. The zero-order valence-corrected chi connectivity index (χ0v) is 19.5. The first kappa shape index (κ1) is 23.5. The van der Waals surface area contributed by atoms with Crippen LogP contribution in [0.15, 0.2) is 58.8 Å². The van der Waals surface area contributed by atoms with Crippen LogP contribution < -0.4 is 4.90 Å². The second kappa shape index (κ2) is 9.68. The zero-order chi connectivity index (χ0) is 23.6. The molecule has 4 rings (SSSR count). The van der Waals surface area contributed by atoms with Crippen LogP contribution in [-0.2, 0) is 21.3 Å². The van der Waals surface area contributed by atoms with E-state index in [2.05, 4.69) is 0 Å². The van der Waals surface area contributed by atoms with Crippen LogP contribution in [0.1, 0.15) is 20.8 Å². The van der Waals surface area contributed by atoms with Gasteiger partial charge in [-0.05, 0) is 48.2 Å². The van der Waals surface area contributed by atoms with Crippen molar-refractivity contribution in [2.45, 2.75) is 18.4 Å². The van der Waals surface area contributed by atoms with E-state index in [1.165, 1.54) is 38.7 Å². The Labute approximate surface area is 195 Å². The van der Waals surface area contributed by atoms with Gasteiger partial charge in [-0.15, -0.1) is 11.3 Å². The van der Waals surface area contributed by atoms with Gasteiger partial charge in [-0.1, -0.05) is 12.1 Å². The van der Waals surface area contributed by atoms with Gasteiger partial charge in [0.25, 0.3) is 5.91 Å². The van der Waals surface area contributed by atoms with E-state index < -0.39 is 27.6 Å². The van der Waals surface area contributed by atoms with Gasteiger partial charge >= 0.3 is 0 Å². The molecule has 1 saturated heterocycles. The largest absolute Gasteiger partial charge is 0.379 e. The molecule has 10 heteroatoms. The second-order valence-electron chi connectivity index (χ2n) is 7.56. The summed E-state index contributed by atoms with van der Waals surface area (Å²) in [7, 11) is -3.84. The summed E-state index contributed by atoms with van der Waals surface area (Å²) in [4.78, 5) is 15.5. The summed E-state index contributed by atoms with van der Waals surface area (Å²) < 4.78 is 61.1. The predicted molar refractivity (Wildman–Crippen MR) is 122 cm³/mol. The fourth-order valence-corrected chi connectivity index (χ4v) is 5.97. The fraction of sp³-hybridized carbons (Fsp3) is 0.261. The molecule has 174 valence electrons. The summed E-state index contributed by atoms with van der Waals surface area (Å²) in [6.45, 7) is 2.77. The first-order chi connectivity index (χ1) is 15.8. The van der Waals surface area contributed by atoms with Gasteiger partial charge in [0.05, 0.1) is 30.3 Å². The molecule has 0 spiro atoms. The molecule has 1 aliphatic rings. The van der Waals surface area contributed by atoms with E-state index in [1.54, 1.807) is 19.1 Å². The molecule has 0 unspecified atom stereocenters. The van der Waals surface area contributed by atoms with Crippen molar-refractivity contribution in [3.8, 4) is 0 Å². The van der Waals surface area contributed by atoms with Crippen LogP contribution in [0.4, 0.5) is 14.5 Å². The van der Waals surface area contributed by atoms with Gasteiger partial charge in [0.2, 0.25) is 10.0 Å². The van der Waals surface area contributed by atoms with E-state index >= 15 is 0 Å². The third-order valence-corrected chi connectivity index (χ3v) is 8.26. The number of carbonyl (C=O) groups is 1. The summed E-state index contributed by atoms with van der Waals surface area (Å²) in [5, 5.41) is 1.83. The normalized spacial score (nSPS) is 14.9. The van der Waals surface area contributed by atoms with Gasteiger partial charge in [-0.3, -0.25) is 4.79 Å². The predicted octanol–water partition coefficient (Wildman–Crippen LogP) is 4.20. The fourth-order valence-electron chi connectivity index (χ4n) is 3.62. The SMILES string of the molecule is Cc1ccc(C(=O)N(Cc2cccs2)c2ccc(F)cc2F)cc1S(=O)(=O)N1CCOCC1. The number of aryl methyl sites for hydroxylation is 1. The number of sulfonamides is 1. The molecule has 33 heavy (non-hydrogen) atoms. The van der Waals surface area contributed by atoms with Crippen molar-refractivity contribution in [3.05, 3.63) is 81.5 Å². The van der Waals surface area contributed by atoms with Gasteiger partial charge in [0.1, 0.15) is 11.6 Å². The highest BCUT2D eigenvalue weighted by Gasteiger charge is 2.30. The van der Waals surface area contributed by atoms with Gasteiger partial charge in [-0.2, -0.15) is 4.31 Å². The average molecular weight is 493 g/mol. The Morgan fingerprint density at radius 1 is 1.12 bits per heavy atom. The molecule has 2 heterocycles. The summed E-state index contributed by atoms with van der Waals surface area (Å²) in [5.74, 6) is -2.23. The third kappa shape index (κ3) is 4.98. The second-order valence-corrected chi connectivity index (χ2v) is 10.5. The molecule has 1 aliphatic heterocycles. The van der Waals surface area contributed by atoms with Gasteiger partial charge in [0.15, 0.2) is 0 Å². The molecule has 1 aromatic heterocycles. The third-order valence-electron chi connectivity index (χ3n) is 5.36. The number of halogens is 2. The topological polar surface area (TPSA) is 66.9 Å². The maximum absolute atomic E-state index is 14.6. The van der Waals surface area contributed by atoms with Gasteiger partial charge in [0, 0.05) is 29.6 Å². The lowest BCUT2D eigenvalue weighted by atomic mass is 10.1. The van der Waals surface area contributed by atoms with Crippen molar-refractivity contribution in [1.82, 2.24) is 4.31 Å². The number of thiophene rings is 1. The molecule has 0 aliphatic carbocycles. The minimum absolute atomic E-state index is 0.0194. The minimum atomic E-state index is -3.84. The van der Waals surface area contributed by atoms with Crippen molar-refractivity contribution in [3.63, 3.8) is 0 Å². The quantitative estimate of drug-likeness (QED) is 0.517. The monoisotopic (exact) mass is 492 g/mol. The van der Waals surface area contributed by atoms with Crippen molar-refractivity contribution in [2.24, 2.45) is 0 Å². The Bertz CT molecular complexity index is 1260. The highest BCUT2D eigenvalue weighted by Crippen LogP contribution is 2.28. The van der Waals surface area contributed by atoms with E-state index in [0.717, 1.165) is 10.9 Å². The molecule has 6 nitrogen and oxygen atoms in total. The molecule has 0 saturated carbocycles. The van der Waals surface area contributed by atoms with E-state index in [-0.39, 0.29) is 35.8 Å². The van der Waals surface area contributed by atoms with Crippen molar-refractivity contribution in [1.29, 1.82) is 0 Å². The lowest BCUT2D eigenvalue weighted by Gasteiger charge is -2.27. The van der Waals surface area contributed by atoms with E-state index in [1.807, 2.05) is 11.4 Å². The maximum atomic E-state index is 14.6. The van der Waals surface area contributed by atoms with Gasteiger partial charge in [-0.25, -0.2) is 17.2 Å². The lowest BCUT2D eigenvalue weighted by Crippen LogP contribution is -2.41. The van der Waals surface area contributed by atoms with Crippen LogP contribution in [0.2, 0.25) is 0 Å². The number of amides is 1. The summed E-state index contributed by atoms with van der Waals surface area (Å²) in [6, 6.07) is 11.0. The highest BCUT2D eigenvalue weighted by atomic mass is 32.2. The molecule has 1 fully saturated rings. The Kier molecular flexibility index (Phi) is 6.89. The number of carbonyl (C=O) groups excluding carboxylic acids is 1. The maximum Gasteiger partial charge on any atom is 0.258 e. The Morgan fingerprint density at radius 3 is 2.55 bits per heavy atom. The van der Waals surface area contributed by atoms with Gasteiger partial charge < -0.3 is 9.64 Å². The summed E-state index contributed by atoms with van der Waals surface area (Å²) in [5.41, 5.74) is 0.497. The molecule has 2 aromatic carbocycles. The number of rotatable bonds is 6. The molecular formula is C23H22F2N2O4S2. The van der Waals surface area contributed by atoms with Crippen LogP contribution in [0, 0.1) is 18.6 Å². The summed E-state index contributed by atoms with van der Waals surface area (Å²) >= 11 is 1.39. The number of anilines is 1. The summed E-state index contributed by atoms with van der Waals surface area (Å²) in [6.07, 6.45) is 0. The minimum Gasteiger partial charge on any atom is -0.379 e. The van der Waals surface area contributed by atoms with E-state index in [9.17, 15) is 22.0 Å². The lowest BCUT2D eigenvalue weighted by molar-refractivity contribution is 0.0730. The van der Waals surface area contributed by atoms with Crippen molar-refractivity contribution < 1.29 is 26.7 Å². The van der Waals surface area contributed by atoms with Crippen molar-refractivity contribution in [2.75, 3.05) is 31.2 Å². The molecule has 3 aromatic rings. The number of benzene rings is 2. The van der Waals surface area contributed by atoms with Crippen LogP contribution in [-0.4, -0.2) is 44.9 Å². The van der Waals surface area contributed by atoms with Crippen LogP contribution >= 0.6 is 11.3 Å². The molecule has 1 amide bonds. The highest BCUT2D eigenvalue weighted by molar-refractivity contribution is 7.89. The Hall–Kier alpha value is -2.66. The molecule has 0 N–H and O–H groups in total. The van der Waals surface area contributed by atoms with Crippen LogP contribution in [0.3, 0.4) is 0 Å². The first-order valence-electron chi connectivity index (χ1n) is 10.3. The number of nitrogens with zero attached hydrogens (tertiary/aromatic N) is 2. The van der Waals surface area contributed by atoms with Crippen LogP contribution in [0.25, 0.3) is 0 Å². The molecule has 0 atom stereocenters. The standard InChI is InChI=1S/C23H22F2N2O4S2/c1-16-4-5-17(13-22(16)33(29,30)26-8-10-31-11-9-26)23(28)27(15-19-3-2-12-32-19)21-7-6-18(24)14-20(21)25/h2-7,12-14H,8-11,15H2,1H3. The van der Waals surface area contributed by atoms with E-state index in [4.69, 9.17) is 4.74 Å². The molecule has 0 radical (unpaired) electrons. The number of morpholine rings is 1. The first-order valence-corrected chi connectivity index (χ1v) is 12.6. The van der Waals surface area contributed by atoms with Crippen molar-refractivity contribution >= 4 is 33.0 Å². The Balaban J connectivity index is 1.74. The number of ether oxygens (including phenoxy) is 1. The van der Waals surface area contributed by atoms with E-state index in [0.29, 0.717) is 24.8 Å². The number of hydrogen-bond donors (Lipinski definition) is 0. The average Bonchev–Trinajstić information content (AvgIpc) is 3.31. The number of hydrogen-bond acceptors (Lipinski definition) is 5. The molecular weight excluding hydrogens is 470 g/mol.